The first-order chi connectivity index (χ1) is 12.1. The van der Waals surface area contributed by atoms with Gasteiger partial charge in [-0.15, -0.1) is 0 Å². The minimum absolute atomic E-state index is 0.0448. The second kappa shape index (κ2) is 8.47. The maximum absolute atomic E-state index is 13.8. The highest BCUT2D eigenvalue weighted by Gasteiger charge is 2.21. The normalized spacial score (nSPS) is 18.4. The van der Waals surface area contributed by atoms with Crippen LogP contribution in [0, 0.1) is 17.5 Å². The molecule has 1 atom stereocenters. The summed E-state index contributed by atoms with van der Waals surface area (Å²) in [7, 11) is 0. The molecular weight excluding hydrogens is 329 g/mol. The number of rotatable bonds is 6. The van der Waals surface area contributed by atoms with Crippen molar-refractivity contribution in [2.75, 3.05) is 26.2 Å². The fourth-order valence-corrected chi connectivity index (χ4v) is 3.01. The van der Waals surface area contributed by atoms with E-state index in [1.165, 1.54) is 0 Å². The lowest BCUT2D eigenvalue weighted by Gasteiger charge is -2.33. The zero-order valence-corrected chi connectivity index (χ0v) is 13.9. The van der Waals surface area contributed by atoms with Crippen molar-refractivity contribution < 1.29 is 17.9 Å². The van der Waals surface area contributed by atoms with Crippen LogP contribution in [0.5, 0.6) is 0 Å². The highest BCUT2D eigenvalue weighted by Crippen LogP contribution is 2.17. The van der Waals surface area contributed by atoms with Crippen molar-refractivity contribution >= 4 is 0 Å². The second-order valence-electron chi connectivity index (χ2n) is 6.25. The molecule has 1 heterocycles. The van der Waals surface area contributed by atoms with E-state index in [0.29, 0.717) is 32.4 Å². The lowest BCUT2D eigenvalue weighted by molar-refractivity contribution is 0.0698. The van der Waals surface area contributed by atoms with Gasteiger partial charge >= 0.3 is 0 Å². The molecule has 1 fully saturated rings. The van der Waals surface area contributed by atoms with Gasteiger partial charge in [0.2, 0.25) is 0 Å². The fraction of sp³-hybridized carbons (Fsp3) is 0.368. The van der Waals surface area contributed by atoms with E-state index in [9.17, 15) is 13.2 Å². The van der Waals surface area contributed by atoms with Gasteiger partial charge in [0.25, 0.3) is 0 Å². The van der Waals surface area contributed by atoms with E-state index < -0.39 is 17.5 Å². The Balaban J connectivity index is 1.51. The molecule has 1 aliphatic rings. The highest BCUT2D eigenvalue weighted by atomic mass is 19.2. The second-order valence-corrected chi connectivity index (χ2v) is 6.25. The van der Waals surface area contributed by atoms with Crippen molar-refractivity contribution in [3.63, 3.8) is 0 Å². The topological polar surface area (TPSA) is 24.5 Å². The molecule has 3 nitrogen and oxygen atoms in total. The monoisotopic (exact) mass is 350 g/mol. The quantitative estimate of drug-likeness (QED) is 0.811. The molecule has 0 bridgehead atoms. The molecule has 6 heteroatoms. The molecule has 0 radical (unpaired) electrons. The average Bonchev–Trinajstić information content (AvgIpc) is 2.60. The summed E-state index contributed by atoms with van der Waals surface area (Å²) in [5, 5.41) is 3.35. The number of hydrogen-bond donors (Lipinski definition) is 1. The van der Waals surface area contributed by atoms with Crippen LogP contribution in [0.3, 0.4) is 0 Å². The molecule has 1 N–H and O–H groups in total. The number of ether oxygens (including phenoxy) is 1. The molecule has 2 aromatic rings. The first kappa shape index (κ1) is 17.9. The molecule has 3 rings (SSSR count). The molecule has 0 saturated carbocycles. The first-order valence-electron chi connectivity index (χ1n) is 8.32. The molecule has 2 aromatic carbocycles. The van der Waals surface area contributed by atoms with Gasteiger partial charge in [0.05, 0.1) is 13.2 Å². The van der Waals surface area contributed by atoms with E-state index in [2.05, 4.69) is 5.32 Å². The largest absolute Gasteiger partial charge is 0.375 e. The van der Waals surface area contributed by atoms with Crippen LogP contribution in [0.1, 0.15) is 11.1 Å². The van der Waals surface area contributed by atoms with Crippen LogP contribution in [0.2, 0.25) is 0 Å². The van der Waals surface area contributed by atoms with Gasteiger partial charge in [0.1, 0.15) is 5.82 Å². The van der Waals surface area contributed by atoms with Gasteiger partial charge in [-0.05, 0) is 11.6 Å². The predicted molar refractivity (Wildman–Crippen MR) is 89.5 cm³/mol. The number of benzene rings is 2. The molecular formula is C19H21F3N2O. The van der Waals surface area contributed by atoms with E-state index in [0.717, 1.165) is 18.2 Å². The van der Waals surface area contributed by atoms with Crippen LogP contribution in [-0.2, 0) is 17.9 Å². The van der Waals surface area contributed by atoms with Crippen molar-refractivity contribution in [2.45, 2.75) is 19.2 Å². The van der Waals surface area contributed by atoms with E-state index in [-0.39, 0.29) is 18.2 Å². The minimum atomic E-state index is -1.15. The third-order valence-corrected chi connectivity index (χ3v) is 4.23. The molecule has 0 amide bonds. The first-order valence-corrected chi connectivity index (χ1v) is 8.32. The Hall–Kier alpha value is -1.89. The molecule has 0 aliphatic carbocycles. The number of halogens is 3. The Morgan fingerprint density at radius 3 is 2.72 bits per heavy atom. The lowest BCUT2D eigenvalue weighted by atomic mass is 10.1. The van der Waals surface area contributed by atoms with Gasteiger partial charge in [-0.25, -0.2) is 13.2 Å². The molecule has 0 aromatic heterocycles. The van der Waals surface area contributed by atoms with Gasteiger partial charge in [0.15, 0.2) is 11.6 Å². The SMILES string of the molecule is Fc1cc(F)c(F)c(CN2CCN[C@@H](COCc3ccccc3)C2)c1. The average molecular weight is 350 g/mol. The van der Waals surface area contributed by atoms with E-state index >= 15 is 0 Å². The summed E-state index contributed by atoms with van der Waals surface area (Å²) in [5.41, 5.74) is 1.15. The Bertz CT molecular complexity index is 697. The fourth-order valence-electron chi connectivity index (χ4n) is 3.01. The summed E-state index contributed by atoms with van der Waals surface area (Å²) in [4.78, 5) is 1.98. The number of hydrogen-bond acceptors (Lipinski definition) is 3. The maximum Gasteiger partial charge on any atom is 0.163 e. The van der Waals surface area contributed by atoms with Gasteiger partial charge in [0, 0.05) is 43.9 Å². The third-order valence-electron chi connectivity index (χ3n) is 4.23. The molecule has 25 heavy (non-hydrogen) atoms. The number of nitrogens with one attached hydrogen (secondary N) is 1. The van der Waals surface area contributed by atoms with Crippen molar-refractivity contribution in [1.82, 2.24) is 10.2 Å². The Kier molecular flexibility index (Phi) is 6.07. The van der Waals surface area contributed by atoms with Crippen molar-refractivity contribution in [2.24, 2.45) is 0 Å². The summed E-state index contributed by atoms with van der Waals surface area (Å²) in [6, 6.07) is 11.6. The zero-order valence-electron chi connectivity index (χ0n) is 13.9. The van der Waals surface area contributed by atoms with Crippen LogP contribution in [-0.4, -0.2) is 37.2 Å². The summed E-state index contributed by atoms with van der Waals surface area (Å²) in [5.74, 6) is -2.88. The van der Waals surface area contributed by atoms with Crippen molar-refractivity contribution in [1.29, 1.82) is 0 Å². The molecule has 1 saturated heterocycles. The van der Waals surface area contributed by atoms with Crippen LogP contribution in [0.4, 0.5) is 13.2 Å². The molecule has 0 unspecified atom stereocenters. The summed E-state index contributed by atoms with van der Waals surface area (Å²) >= 11 is 0. The Morgan fingerprint density at radius 2 is 1.92 bits per heavy atom. The van der Waals surface area contributed by atoms with Crippen LogP contribution < -0.4 is 5.32 Å². The molecule has 1 aliphatic heterocycles. The van der Waals surface area contributed by atoms with E-state index in [1.807, 2.05) is 35.2 Å². The van der Waals surface area contributed by atoms with E-state index in [1.54, 1.807) is 0 Å². The molecule has 0 spiro atoms. The van der Waals surface area contributed by atoms with Gasteiger partial charge in [-0.3, -0.25) is 4.90 Å². The Morgan fingerprint density at radius 1 is 1.12 bits per heavy atom. The van der Waals surface area contributed by atoms with Crippen LogP contribution in [0.15, 0.2) is 42.5 Å². The lowest BCUT2D eigenvalue weighted by Crippen LogP contribution is -2.52. The summed E-state index contributed by atoms with van der Waals surface area (Å²) < 4.78 is 46.2. The standard InChI is InChI=1S/C19H21F3N2O/c20-16-8-15(19(22)18(21)9-16)10-24-7-6-23-17(11-24)13-25-12-14-4-2-1-3-5-14/h1-5,8-9,17,23H,6-7,10-13H2/t17-/m1/s1. The third kappa shape index (κ3) is 5.04. The minimum Gasteiger partial charge on any atom is -0.375 e. The maximum atomic E-state index is 13.8. The van der Waals surface area contributed by atoms with Gasteiger partial charge in [-0.1, -0.05) is 30.3 Å². The van der Waals surface area contributed by atoms with Crippen LogP contribution in [0.25, 0.3) is 0 Å². The molecule has 134 valence electrons. The van der Waals surface area contributed by atoms with Crippen LogP contribution >= 0.6 is 0 Å². The van der Waals surface area contributed by atoms with Crippen molar-refractivity contribution in [3.8, 4) is 0 Å². The summed E-state index contributed by atoms with van der Waals surface area (Å²) in [6.45, 7) is 3.27. The zero-order chi connectivity index (χ0) is 17.6. The number of piperazine rings is 1. The van der Waals surface area contributed by atoms with Gasteiger partial charge in [-0.2, -0.15) is 0 Å². The predicted octanol–water partition coefficient (Wildman–Crippen LogP) is 3.09. The highest BCUT2D eigenvalue weighted by molar-refractivity contribution is 5.20. The van der Waals surface area contributed by atoms with E-state index in [4.69, 9.17) is 4.74 Å². The number of nitrogens with zero attached hydrogens (tertiary/aromatic N) is 1. The van der Waals surface area contributed by atoms with Gasteiger partial charge < -0.3 is 10.1 Å². The van der Waals surface area contributed by atoms with Crippen molar-refractivity contribution in [3.05, 3.63) is 71.0 Å². The summed E-state index contributed by atoms with van der Waals surface area (Å²) in [6.07, 6.45) is 0. The smallest absolute Gasteiger partial charge is 0.163 e. The Labute approximate surface area is 145 Å².